The van der Waals surface area contributed by atoms with Crippen LogP contribution in [-0.2, 0) is 4.12 Å². The van der Waals surface area contributed by atoms with Gasteiger partial charge in [0.2, 0.25) is 18.1 Å². The third-order valence-corrected chi connectivity index (χ3v) is 15.4. The smallest absolute Gasteiger partial charge is 0.242 e. The Morgan fingerprint density at radius 1 is 0.564 bits per heavy atom. The van der Waals surface area contributed by atoms with E-state index in [2.05, 4.69) is 41.5 Å². The van der Waals surface area contributed by atoms with Gasteiger partial charge < -0.3 is 4.12 Å². The van der Waals surface area contributed by atoms with Gasteiger partial charge in [-0.25, -0.2) is 0 Å². The lowest BCUT2D eigenvalue weighted by molar-refractivity contribution is 0.438. The van der Waals surface area contributed by atoms with Gasteiger partial charge in [-0.15, -0.1) is 0 Å². The molecule has 1 nitrogen and oxygen atoms in total. The number of hydrogen-bond donors (Lipinski definition) is 0. The molecule has 0 unspecified atom stereocenters. The summed E-state index contributed by atoms with van der Waals surface area (Å²) in [4.78, 5) is 0. The second-order valence-electron chi connectivity index (χ2n) is 12.1. The normalized spacial score (nSPS) is 12.6. The molecule has 0 bridgehead atoms. The molecule has 2 rings (SSSR count). The highest BCUT2D eigenvalue weighted by Gasteiger charge is 2.44. The lowest BCUT2D eigenvalue weighted by atomic mass is 10.0. The van der Waals surface area contributed by atoms with Crippen LogP contribution in [0.1, 0.15) is 119 Å². The van der Waals surface area contributed by atoms with E-state index >= 15 is 0 Å². The van der Waals surface area contributed by atoms with Crippen molar-refractivity contribution in [2.24, 2.45) is 0 Å². The summed E-state index contributed by atoms with van der Waals surface area (Å²) in [5.41, 5.74) is 0. The molecule has 0 aliphatic rings. The Bertz CT molecular complexity index is 932. The average molecular weight is 647 g/mol. The third kappa shape index (κ3) is 11.3. The van der Waals surface area contributed by atoms with Crippen LogP contribution in [0.15, 0.2) is 36.4 Å². The maximum absolute atomic E-state index is 7.50. The predicted octanol–water partition coefficient (Wildman–Crippen LogP) is 11.7. The van der Waals surface area contributed by atoms with Crippen molar-refractivity contribution < 1.29 is 4.12 Å². The zero-order valence-corrected chi connectivity index (χ0v) is 29.9. The fourth-order valence-corrected chi connectivity index (χ4v) is 13.8. The van der Waals surface area contributed by atoms with E-state index in [1.807, 2.05) is 36.4 Å². The van der Waals surface area contributed by atoms with E-state index in [0.717, 1.165) is 33.3 Å². The first-order valence-corrected chi connectivity index (χ1v) is 19.1. The highest BCUT2D eigenvalue weighted by molar-refractivity contribution is 6.84. The molecule has 0 aliphatic carbocycles. The van der Waals surface area contributed by atoms with Crippen molar-refractivity contribution in [2.45, 2.75) is 129 Å². The fraction of sp³-hybridized carbons (Fsp3) is 0.625. The van der Waals surface area contributed by atoms with Gasteiger partial charge in [-0.3, -0.25) is 0 Å². The topological polar surface area (TPSA) is 9.23 Å². The van der Waals surface area contributed by atoms with E-state index < -0.39 is 18.1 Å². The summed E-state index contributed by atoms with van der Waals surface area (Å²) in [6, 6.07) is 11.6. The first-order valence-electron chi connectivity index (χ1n) is 14.8. The summed E-state index contributed by atoms with van der Waals surface area (Å²) in [6.07, 6.45) is 14.7. The molecule has 0 heterocycles. The lowest BCUT2D eigenvalue weighted by Gasteiger charge is -2.40. The van der Waals surface area contributed by atoms with Gasteiger partial charge >= 0.3 is 0 Å². The molecular weight excluding hydrogens is 598 g/mol. The van der Waals surface area contributed by atoms with Gasteiger partial charge in [0, 0.05) is 20.1 Å². The molecule has 39 heavy (non-hydrogen) atoms. The summed E-state index contributed by atoms with van der Waals surface area (Å²) in [7, 11) is -3.22. The van der Waals surface area contributed by atoms with Crippen LogP contribution in [0.3, 0.4) is 0 Å². The van der Waals surface area contributed by atoms with Crippen molar-refractivity contribution in [1.29, 1.82) is 0 Å². The SMILES string of the molecule is CCCCCCCC(C)(C)[Si](O[Si](c1cc(Cl)ccc1Cl)C(C)(C)CCCCCCC)c1cc(Cl)ccc1Cl. The van der Waals surface area contributed by atoms with Crippen molar-refractivity contribution in [3.63, 3.8) is 0 Å². The number of rotatable bonds is 18. The Labute approximate surface area is 262 Å². The maximum atomic E-state index is 7.50. The quantitative estimate of drug-likeness (QED) is 0.116. The van der Waals surface area contributed by atoms with E-state index in [1.165, 1.54) is 64.2 Å². The second-order valence-corrected chi connectivity index (χ2v) is 19.7. The molecule has 0 aromatic heterocycles. The molecule has 2 aromatic rings. The minimum Gasteiger partial charge on any atom is -0.448 e. The molecule has 0 atom stereocenters. The molecule has 0 spiro atoms. The molecule has 7 heteroatoms. The van der Waals surface area contributed by atoms with Crippen molar-refractivity contribution in [1.82, 2.24) is 0 Å². The van der Waals surface area contributed by atoms with Gasteiger partial charge in [-0.05, 0) is 69.7 Å². The minimum absolute atomic E-state index is 0.0522. The fourth-order valence-electron chi connectivity index (χ4n) is 5.13. The zero-order valence-electron chi connectivity index (χ0n) is 24.9. The van der Waals surface area contributed by atoms with Crippen LogP contribution >= 0.6 is 46.4 Å². The Balaban J connectivity index is 2.50. The maximum Gasteiger partial charge on any atom is 0.242 e. The molecule has 2 aromatic carbocycles. The van der Waals surface area contributed by atoms with Crippen LogP contribution in [-0.4, -0.2) is 18.1 Å². The molecule has 0 amide bonds. The van der Waals surface area contributed by atoms with E-state index in [4.69, 9.17) is 50.5 Å². The van der Waals surface area contributed by atoms with Crippen LogP contribution in [0, 0.1) is 0 Å². The predicted molar refractivity (Wildman–Crippen MR) is 180 cm³/mol. The summed E-state index contributed by atoms with van der Waals surface area (Å²) in [5.74, 6) is 0. The number of unbranched alkanes of at least 4 members (excludes halogenated alkanes) is 8. The summed E-state index contributed by atoms with van der Waals surface area (Å²) < 4.78 is 7.50. The first-order chi connectivity index (χ1) is 18.4. The van der Waals surface area contributed by atoms with Crippen molar-refractivity contribution in [3.8, 4) is 0 Å². The van der Waals surface area contributed by atoms with Gasteiger partial charge in [0.25, 0.3) is 0 Å². The van der Waals surface area contributed by atoms with Crippen LogP contribution < -0.4 is 10.4 Å². The molecule has 0 saturated carbocycles. The second kappa shape index (κ2) is 17.2. The lowest BCUT2D eigenvalue weighted by Crippen LogP contribution is -2.54. The third-order valence-electron chi connectivity index (χ3n) is 7.59. The Morgan fingerprint density at radius 2 is 0.923 bits per heavy atom. The van der Waals surface area contributed by atoms with Gasteiger partial charge in [-0.1, -0.05) is 152 Å². The van der Waals surface area contributed by atoms with Crippen LogP contribution in [0.4, 0.5) is 0 Å². The molecule has 0 fully saturated rings. The van der Waals surface area contributed by atoms with Crippen LogP contribution in [0.25, 0.3) is 0 Å². The van der Waals surface area contributed by atoms with E-state index in [-0.39, 0.29) is 10.1 Å². The Kier molecular flexibility index (Phi) is 15.5. The van der Waals surface area contributed by atoms with E-state index in [0.29, 0.717) is 10.0 Å². The zero-order chi connectivity index (χ0) is 29.1. The highest BCUT2D eigenvalue weighted by Crippen LogP contribution is 2.42. The monoisotopic (exact) mass is 644 g/mol. The largest absolute Gasteiger partial charge is 0.448 e. The number of hydrogen-bond acceptors (Lipinski definition) is 1. The first kappa shape index (κ1) is 35.2. The minimum atomic E-state index is -1.61. The molecule has 0 N–H and O–H groups in total. The molecule has 0 saturated heterocycles. The van der Waals surface area contributed by atoms with Crippen molar-refractivity contribution in [3.05, 3.63) is 56.5 Å². The average Bonchev–Trinajstić information content (AvgIpc) is 2.87. The Hall–Kier alpha value is -0.00623. The summed E-state index contributed by atoms with van der Waals surface area (Å²) in [6.45, 7) is 13.9. The van der Waals surface area contributed by atoms with Crippen molar-refractivity contribution in [2.75, 3.05) is 0 Å². The number of benzene rings is 2. The molecule has 0 aliphatic heterocycles. The highest BCUT2D eigenvalue weighted by atomic mass is 35.5. The summed E-state index contributed by atoms with van der Waals surface area (Å²) >= 11 is 26.9. The molecule has 2 radical (unpaired) electrons. The number of halogens is 4. The van der Waals surface area contributed by atoms with Crippen LogP contribution in [0.5, 0.6) is 0 Å². The van der Waals surface area contributed by atoms with E-state index in [9.17, 15) is 0 Å². The van der Waals surface area contributed by atoms with E-state index in [1.54, 1.807) is 0 Å². The molecule has 218 valence electrons. The Morgan fingerprint density at radius 3 is 1.28 bits per heavy atom. The standard InChI is InChI=1S/C32H48Cl4OSi2/c1-7-9-11-13-15-21-31(3,4)38(29-23-25(33)17-19-27(29)35)37-39(30-24-26(34)18-20-28(30)36)32(5,6)22-16-14-12-10-8-2/h17-20,23-24H,7-16,21-22H2,1-6H3. The van der Waals surface area contributed by atoms with Gasteiger partial charge in [0.15, 0.2) is 0 Å². The van der Waals surface area contributed by atoms with Gasteiger partial charge in [0.1, 0.15) is 0 Å². The van der Waals surface area contributed by atoms with Crippen molar-refractivity contribution >= 4 is 74.9 Å². The van der Waals surface area contributed by atoms with Gasteiger partial charge in [0.05, 0.1) is 0 Å². The van der Waals surface area contributed by atoms with Gasteiger partial charge in [-0.2, -0.15) is 0 Å². The van der Waals surface area contributed by atoms with Crippen LogP contribution in [0.2, 0.25) is 30.2 Å². The molecular formula is C32H48Cl4OSi2. The summed E-state index contributed by atoms with van der Waals surface area (Å²) in [5, 5.41) is 4.89.